The van der Waals surface area contributed by atoms with Gasteiger partial charge in [0, 0.05) is 36.2 Å². The van der Waals surface area contributed by atoms with Crippen molar-refractivity contribution in [3.63, 3.8) is 0 Å². The first kappa shape index (κ1) is 36.9. The minimum absolute atomic E-state index is 0.0274. The molecule has 0 aliphatic rings. The Labute approximate surface area is 243 Å². The molecule has 0 aliphatic carbocycles. The van der Waals surface area contributed by atoms with Gasteiger partial charge >= 0.3 is 23.8 Å². The van der Waals surface area contributed by atoms with E-state index in [1.54, 1.807) is 13.8 Å². The SMILES string of the molecule is CCOC(=O)CC[C@H](NC(=O)C(=O)OC)C(=O)OCC.S=[S-](=S)S(=S)(=S)S(=S)(=S)S(=S)(=S)I. The van der Waals surface area contributed by atoms with Crippen LogP contribution in [0.25, 0.3) is 0 Å². The number of carbonyl (C=O) groups excluding carboxylic acids is 4. The lowest BCUT2D eigenvalue weighted by atomic mass is 10.1. The second-order valence-electron chi connectivity index (χ2n) is 5.03. The van der Waals surface area contributed by atoms with Crippen molar-refractivity contribution in [3.8, 4) is 0 Å². The van der Waals surface area contributed by atoms with E-state index in [0.29, 0.717) is 0 Å². The van der Waals surface area contributed by atoms with E-state index < -0.39 is 50.7 Å². The van der Waals surface area contributed by atoms with E-state index in [-0.39, 0.29) is 26.1 Å². The van der Waals surface area contributed by atoms with Crippen molar-refractivity contribution in [1.29, 1.82) is 0 Å². The van der Waals surface area contributed by atoms with Crippen molar-refractivity contribution in [2.45, 2.75) is 32.7 Å². The Balaban J connectivity index is 0. The number of carbonyl (C=O) groups is 4. The third kappa shape index (κ3) is 13.2. The predicted molar refractivity (Wildman–Crippen MR) is 169 cm³/mol. The summed E-state index contributed by atoms with van der Waals surface area (Å²) < 4.78 is 11.7. The Morgan fingerprint density at radius 1 is 0.970 bits per heavy atom. The maximum atomic E-state index is 11.6. The van der Waals surface area contributed by atoms with Gasteiger partial charge in [-0.2, -0.15) is 0 Å². The van der Waals surface area contributed by atoms with Gasteiger partial charge in [-0.05, 0) is 65.0 Å². The minimum atomic E-state index is -2.19. The molecule has 0 bridgehead atoms. The van der Waals surface area contributed by atoms with Crippen LogP contribution in [-0.2, 0) is 144 Å². The first-order chi connectivity index (χ1) is 14.9. The molecule has 0 aliphatic heterocycles. The van der Waals surface area contributed by atoms with Crippen molar-refractivity contribution in [3.05, 3.63) is 0 Å². The number of hydrogen-bond donors (Lipinski definition) is 1. The molecular formula is C12H19INO7S12-. The number of nitrogens with one attached hydrogen (secondary N) is 1. The fourth-order valence-corrected chi connectivity index (χ4v) is 51.5. The normalized spacial score (nSPS) is 12.5. The highest BCUT2D eigenvalue weighted by molar-refractivity contribution is 14.2. The number of rotatable bonds is 10. The molecule has 0 aromatic heterocycles. The van der Waals surface area contributed by atoms with Crippen molar-refractivity contribution >= 4 is 155 Å². The summed E-state index contributed by atoms with van der Waals surface area (Å²) in [4.78, 5) is 45.2. The highest BCUT2D eigenvalue weighted by atomic mass is 127. The lowest BCUT2D eigenvalue weighted by molar-refractivity contribution is -0.155. The van der Waals surface area contributed by atoms with E-state index in [1.807, 2.05) is 21.2 Å². The molecule has 33 heavy (non-hydrogen) atoms. The smallest absolute Gasteiger partial charge is 0.396 e. The molecule has 0 aromatic carbocycles. The number of halogens is 1. The Morgan fingerprint density at radius 2 is 1.45 bits per heavy atom. The van der Waals surface area contributed by atoms with Crippen molar-refractivity contribution in [2.24, 2.45) is 0 Å². The second kappa shape index (κ2) is 17.3. The van der Waals surface area contributed by atoms with Gasteiger partial charge < -0.3 is 19.5 Å². The predicted octanol–water partition coefficient (Wildman–Crippen LogP) is 0.407. The van der Waals surface area contributed by atoms with Gasteiger partial charge in [0.1, 0.15) is 6.04 Å². The quantitative estimate of drug-likeness (QED) is 0.0627. The molecule has 21 heteroatoms. The van der Waals surface area contributed by atoms with Crippen LogP contribution in [0.1, 0.15) is 26.7 Å². The van der Waals surface area contributed by atoms with E-state index >= 15 is 0 Å². The van der Waals surface area contributed by atoms with Crippen molar-refractivity contribution in [2.75, 3.05) is 20.3 Å². The fourth-order valence-electron chi connectivity index (χ4n) is 1.46. The molecular weight excluding hydrogens is 782 g/mol. The van der Waals surface area contributed by atoms with Gasteiger partial charge in [0.2, 0.25) is 0 Å². The molecule has 0 radical (unpaired) electrons. The van der Waals surface area contributed by atoms with E-state index in [1.165, 1.54) is 0 Å². The largest absolute Gasteiger partial charge is 0.466 e. The molecule has 0 saturated heterocycles. The van der Waals surface area contributed by atoms with Gasteiger partial charge in [0.15, 0.2) is 0 Å². The van der Waals surface area contributed by atoms with Crippen LogP contribution in [0.3, 0.4) is 0 Å². The summed E-state index contributed by atoms with van der Waals surface area (Å²) in [7, 11) is 0.0908. The third-order valence-corrected chi connectivity index (χ3v) is 63.4. The average molecular weight is 801 g/mol. The average Bonchev–Trinajstić information content (AvgIpc) is 2.69. The van der Waals surface area contributed by atoms with Crippen molar-refractivity contribution in [1.82, 2.24) is 5.32 Å². The van der Waals surface area contributed by atoms with Crippen LogP contribution in [0, 0.1) is 0 Å². The molecule has 0 saturated carbocycles. The van der Waals surface area contributed by atoms with Crippen LogP contribution in [0.15, 0.2) is 0 Å². The maximum absolute atomic E-state index is 11.6. The number of esters is 3. The van der Waals surface area contributed by atoms with E-state index in [2.05, 4.69) is 10.1 Å². The summed E-state index contributed by atoms with van der Waals surface area (Å²) in [6.07, 6.45) is -0.112. The highest BCUT2D eigenvalue weighted by Gasteiger charge is 2.26. The summed E-state index contributed by atoms with van der Waals surface area (Å²) in [5, 5.41) is -2.21. The standard InChI is InChI=1S/C12H19NO7.IS12/c1-4-19-9(14)7-6-8(11(16)20-5-2)13-10(15)12(17)18-3;1-11(4,5)13(8,9)12(6,7)10(2)3/h8H,4-7H2,1-3H3,(H,13,15);/q;-1/t8-;/m0./s1. The zero-order valence-electron chi connectivity index (χ0n) is 17.0. The molecule has 0 aromatic rings. The Kier molecular flexibility index (Phi) is 19.4. The second-order valence-corrected chi connectivity index (χ2v) is 48.1. The van der Waals surface area contributed by atoms with E-state index in [9.17, 15) is 19.2 Å². The van der Waals surface area contributed by atoms with Gasteiger partial charge in [-0.25, -0.2) is 32.0 Å². The van der Waals surface area contributed by atoms with Crippen LogP contribution >= 0.6 is 21.2 Å². The Hall–Kier alpha value is 1.77. The summed E-state index contributed by atoms with van der Waals surface area (Å²) >= 11 is 42.7. The lowest BCUT2D eigenvalue weighted by Gasteiger charge is -2.21. The number of amides is 1. The van der Waals surface area contributed by atoms with Crippen LogP contribution in [-0.4, -0.2) is 50.2 Å². The van der Waals surface area contributed by atoms with E-state index in [0.717, 1.165) is 7.11 Å². The molecule has 0 spiro atoms. The number of ether oxygens (including phenoxy) is 3. The molecule has 8 nitrogen and oxygen atoms in total. The maximum Gasteiger partial charge on any atom is 0.396 e. The van der Waals surface area contributed by atoms with Crippen LogP contribution in [0.4, 0.5) is 0 Å². The Bertz CT molecular complexity index is 1120. The molecule has 0 heterocycles. The van der Waals surface area contributed by atoms with Gasteiger partial charge in [-0.3, -0.25) is 16.6 Å². The van der Waals surface area contributed by atoms with Gasteiger partial charge in [-0.15, -0.1) is 0 Å². The first-order valence-corrected chi connectivity index (χ1v) is 25.8. The van der Waals surface area contributed by atoms with Gasteiger partial charge in [0.05, 0.1) is 20.3 Å². The molecule has 0 fully saturated rings. The first-order valence-electron chi connectivity index (χ1n) is 8.16. The number of methoxy groups -OCH3 is 1. The highest BCUT2D eigenvalue weighted by Crippen LogP contribution is 2.23. The minimum Gasteiger partial charge on any atom is -0.466 e. The lowest BCUT2D eigenvalue weighted by Crippen LogP contribution is -2.45. The molecule has 0 unspecified atom stereocenters. The van der Waals surface area contributed by atoms with Crippen LogP contribution in [0.5, 0.6) is 0 Å². The third-order valence-electron chi connectivity index (χ3n) is 2.85. The van der Waals surface area contributed by atoms with Crippen molar-refractivity contribution < 1.29 is 33.4 Å². The van der Waals surface area contributed by atoms with Crippen LogP contribution in [0.2, 0.25) is 0 Å². The van der Waals surface area contributed by atoms with Crippen LogP contribution < -0.4 is 5.32 Å². The molecule has 0 rings (SSSR count). The zero-order valence-corrected chi connectivity index (χ0v) is 29.0. The molecule has 194 valence electrons. The van der Waals surface area contributed by atoms with Gasteiger partial charge in [-0.1, -0.05) is 27.6 Å². The zero-order chi connectivity index (χ0) is 26.6. The topological polar surface area (TPSA) is 108 Å². The summed E-state index contributed by atoms with van der Waals surface area (Å²) in [5.41, 5.74) is 0. The molecule has 1 N–H and O–H groups in total. The summed E-state index contributed by atoms with van der Waals surface area (Å²) in [6.45, 7) is 3.59. The summed E-state index contributed by atoms with van der Waals surface area (Å²) in [5.74, 6) is -3.44. The number of hydrogen-bond acceptors (Lipinski definition) is 16. The van der Waals surface area contributed by atoms with Gasteiger partial charge in [0.25, 0.3) is 0 Å². The molecule has 1 atom stereocenters. The van der Waals surface area contributed by atoms with E-state index in [4.69, 9.17) is 99.0 Å². The molecule has 1 amide bonds. The summed E-state index contributed by atoms with van der Waals surface area (Å²) in [6, 6.07) is -1.11. The fraction of sp³-hybridized carbons (Fsp3) is 0.667. The Morgan fingerprint density at radius 3 is 1.79 bits per heavy atom. The monoisotopic (exact) mass is 800 g/mol.